The van der Waals surface area contributed by atoms with Gasteiger partial charge in [-0.15, -0.1) is 0 Å². The van der Waals surface area contributed by atoms with E-state index in [4.69, 9.17) is 0 Å². The van der Waals surface area contributed by atoms with Crippen LogP contribution < -0.4 is 10.6 Å². The highest BCUT2D eigenvalue weighted by atomic mass is 16.3. The van der Waals surface area contributed by atoms with Gasteiger partial charge in [0, 0.05) is 51.0 Å². The number of nitrogens with zero attached hydrogens (tertiary/aromatic N) is 6. The monoisotopic (exact) mass is 462 g/mol. The van der Waals surface area contributed by atoms with E-state index >= 15 is 0 Å². The van der Waals surface area contributed by atoms with Crippen molar-refractivity contribution in [2.24, 2.45) is 0 Å². The molecule has 0 saturated carbocycles. The summed E-state index contributed by atoms with van der Waals surface area (Å²) in [7, 11) is 3.39. The highest BCUT2D eigenvalue weighted by Crippen LogP contribution is 2.33. The summed E-state index contributed by atoms with van der Waals surface area (Å²) < 4.78 is 1.58. The number of aromatic nitrogens is 4. The van der Waals surface area contributed by atoms with Crippen molar-refractivity contribution < 1.29 is 9.90 Å². The molecule has 0 fully saturated rings. The van der Waals surface area contributed by atoms with Crippen molar-refractivity contribution in [3.05, 3.63) is 47.3 Å². The average molecular weight is 463 g/mol. The topological polar surface area (TPSA) is 132 Å². The molecule has 2 aromatic heterocycles. The van der Waals surface area contributed by atoms with Gasteiger partial charge in [0.05, 0.1) is 22.6 Å². The Bertz CT molecular complexity index is 1210. The van der Waals surface area contributed by atoms with Gasteiger partial charge in [0.1, 0.15) is 18.4 Å². The lowest BCUT2D eigenvalue weighted by atomic mass is 9.93. The lowest BCUT2D eigenvalue weighted by Crippen LogP contribution is -2.27. The number of hydrogen-bond donors (Lipinski definition) is 3. The summed E-state index contributed by atoms with van der Waals surface area (Å²) in [6, 6.07) is 9.55. The minimum Gasteiger partial charge on any atom is -0.396 e. The van der Waals surface area contributed by atoms with Crippen LogP contribution in [0.25, 0.3) is 11.3 Å². The highest BCUT2D eigenvalue weighted by Gasteiger charge is 2.18. The summed E-state index contributed by atoms with van der Waals surface area (Å²) in [5.74, 6) is 0.685. The smallest absolute Gasteiger partial charge is 0.243 e. The first-order valence-electron chi connectivity index (χ1n) is 11.0. The van der Waals surface area contributed by atoms with E-state index in [1.165, 1.54) is 4.90 Å². The molecule has 0 aliphatic heterocycles. The SMILES string of the molecule is CCNc1c(C#N)cc(-c2ccnc(Nc3cc(C)nn3CC(=O)N(C)C)n2)cc1C(C)CO. The Hall–Kier alpha value is -3.97. The van der Waals surface area contributed by atoms with E-state index in [2.05, 4.69) is 31.8 Å². The van der Waals surface area contributed by atoms with Crippen LogP contribution in [0.15, 0.2) is 30.5 Å². The zero-order valence-electron chi connectivity index (χ0n) is 20.1. The van der Waals surface area contributed by atoms with Gasteiger partial charge in [-0.3, -0.25) is 4.79 Å². The number of likely N-dealkylation sites (N-methyl/N-ethyl adjacent to an activating group) is 1. The van der Waals surface area contributed by atoms with Crippen molar-refractivity contribution in [1.29, 1.82) is 5.26 Å². The van der Waals surface area contributed by atoms with Crippen LogP contribution in [0.3, 0.4) is 0 Å². The van der Waals surface area contributed by atoms with Gasteiger partial charge in [0.2, 0.25) is 11.9 Å². The van der Waals surface area contributed by atoms with Crippen LogP contribution in [0.5, 0.6) is 0 Å². The van der Waals surface area contributed by atoms with Crippen molar-refractivity contribution in [2.45, 2.75) is 33.2 Å². The number of benzene rings is 1. The maximum Gasteiger partial charge on any atom is 0.243 e. The Kier molecular flexibility index (Phi) is 7.81. The molecule has 1 aromatic carbocycles. The number of nitriles is 1. The number of carbonyl (C=O) groups is 1. The second-order valence-electron chi connectivity index (χ2n) is 8.22. The number of anilines is 3. The molecule has 0 bridgehead atoms. The highest BCUT2D eigenvalue weighted by molar-refractivity contribution is 5.76. The summed E-state index contributed by atoms with van der Waals surface area (Å²) >= 11 is 0. The molecule has 0 aliphatic carbocycles. The fourth-order valence-corrected chi connectivity index (χ4v) is 3.49. The van der Waals surface area contributed by atoms with Crippen LogP contribution >= 0.6 is 0 Å². The number of carbonyl (C=O) groups excluding carboxylic acids is 1. The van der Waals surface area contributed by atoms with E-state index in [-0.39, 0.29) is 25.0 Å². The molecule has 178 valence electrons. The van der Waals surface area contributed by atoms with Crippen LogP contribution in [-0.4, -0.2) is 62.9 Å². The number of aliphatic hydroxyl groups excluding tert-OH is 1. The molecule has 3 aromatic rings. The van der Waals surface area contributed by atoms with Crippen molar-refractivity contribution in [3.8, 4) is 17.3 Å². The zero-order valence-corrected chi connectivity index (χ0v) is 20.1. The number of aryl methyl sites for hydroxylation is 1. The van der Waals surface area contributed by atoms with Gasteiger partial charge >= 0.3 is 0 Å². The zero-order chi connectivity index (χ0) is 24.8. The van der Waals surface area contributed by atoms with Gasteiger partial charge in [0.15, 0.2) is 0 Å². The van der Waals surface area contributed by atoms with E-state index in [1.54, 1.807) is 37.1 Å². The van der Waals surface area contributed by atoms with Crippen LogP contribution in [-0.2, 0) is 11.3 Å². The molecule has 1 unspecified atom stereocenters. The third kappa shape index (κ3) is 5.50. The lowest BCUT2D eigenvalue weighted by Gasteiger charge is -2.18. The Morgan fingerprint density at radius 1 is 1.32 bits per heavy atom. The molecule has 10 nitrogen and oxygen atoms in total. The van der Waals surface area contributed by atoms with E-state index in [0.717, 1.165) is 22.5 Å². The van der Waals surface area contributed by atoms with Gasteiger partial charge in [-0.05, 0) is 37.6 Å². The van der Waals surface area contributed by atoms with Crippen molar-refractivity contribution in [3.63, 3.8) is 0 Å². The van der Waals surface area contributed by atoms with Crippen molar-refractivity contribution in [2.75, 3.05) is 37.9 Å². The van der Waals surface area contributed by atoms with Crippen LogP contribution in [0.1, 0.15) is 36.6 Å². The van der Waals surface area contributed by atoms with Gasteiger partial charge in [0.25, 0.3) is 0 Å². The largest absolute Gasteiger partial charge is 0.396 e. The minimum absolute atomic E-state index is 0.0433. The lowest BCUT2D eigenvalue weighted by molar-refractivity contribution is -0.129. The number of rotatable bonds is 9. The Morgan fingerprint density at radius 3 is 2.74 bits per heavy atom. The summed E-state index contributed by atoms with van der Waals surface area (Å²) in [6.45, 7) is 6.42. The molecular formula is C24H30N8O2. The summed E-state index contributed by atoms with van der Waals surface area (Å²) in [5, 5.41) is 30.3. The third-order valence-electron chi connectivity index (χ3n) is 5.32. The number of nitrogens with one attached hydrogen (secondary N) is 2. The van der Waals surface area contributed by atoms with Gasteiger partial charge in [-0.2, -0.15) is 10.4 Å². The number of hydrogen-bond acceptors (Lipinski definition) is 8. The molecule has 1 amide bonds. The van der Waals surface area contributed by atoms with Crippen molar-refractivity contribution >= 4 is 23.4 Å². The second kappa shape index (κ2) is 10.8. The standard InChI is InChI=1S/C24H30N8O2/c1-6-26-23-18(12-25)10-17(11-19(23)15(2)14-33)20-7-8-27-24(28-20)29-21-9-16(3)30-32(21)13-22(34)31(4)5/h7-11,15,26,33H,6,13-14H2,1-5H3,(H,27,28,29). The Morgan fingerprint density at radius 2 is 2.09 bits per heavy atom. The molecule has 10 heteroatoms. The van der Waals surface area contributed by atoms with E-state index in [0.29, 0.717) is 29.6 Å². The van der Waals surface area contributed by atoms with Crippen LogP contribution in [0, 0.1) is 18.3 Å². The minimum atomic E-state index is -0.160. The molecule has 34 heavy (non-hydrogen) atoms. The van der Waals surface area contributed by atoms with Gasteiger partial charge < -0.3 is 20.6 Å². The van der Waals surface area contributed by atoms with Gasteiger partial charge in [-0.25, -0.2) is 14.6 Å². The summed E-state index contributed by atoms with van der Waals surface area (Å²) in [5.41, 5.74) is 4.18. The molecule has 0 saturated heterocycles. The van der Waals surface area contributed by atoms with Gasteiger partial charge in [-0.1, -0.05) is 6.92 Å². The first-order chi connectivity index (χ1) is 16.3. The molecule has 3 rings (SSSR count). The molecule has 0 spiro atoms. The van der Waals surface area contributed by atoms with E-state index in [1.807, 2.05) is 32.9 Å². The van der Waals surface area contributed by atoms with Crippen LogP contribution in [0.2, 0.25) is 0 Å². The first-order valence-corrected chi connectivity index (χ1v) is 11.0. The molecule has 0 aliphatic rings. The maximum absolute atomic E-state index is 12.2. The predicted octanol–water partition coefficient (Wildman–Crippen LogP) is 2.88. The van der Waals surface area contributed by atoms with E-state index in [9.17, 15) is 15.2 Å². The fourth-order valence-electron chi connectivity index (χ4n) is 3.49. The summed E-state index contributed by atoms with van der Waals surface area (Å²) in [4.78, 5) is 22.6. The quantitative estimate of drug-likeness (QED) is 0.442. The first kappa shape index (κ1) is 24.7. The summed E-state index contributed by atoms with van der Waals surface area (Å²) in [6.07, 6.45) is 1.63. The molecule has 3 N–H and O–H groups in total. The molecule has 1 atom stereocenters. The average Bonchev–Trinajstić information content (AvgIpc) is 3.16. The second-order valence-corrected chi connectivity index (χ2v) is 8.22. The Labute approximate surface area is 199 Å². The molecule has 2 heterocycles. The molecule has 0 radical (unpaired) electrons. The normalized spacial score (nSPS) is 11.6. The number of aliphatic hydroxyl groups is 1. The Balaban J connectivity index is 1.98. The molecular weight excluding hydrogens is 432 g/mol. The fraction of sp³-hybridized carbons (Fsp3) is 0.375. The third-order valence-corrected chi connectivity index (χ3v) is 5.32. The maximum atomic E-state index is 12.2. The number of amides is 1. The van der Waals surface area contributed by atoms with Crippen LogP contribution in [0.4, 0.5) is 17.5 Å². The van der Waals surface area contributed by atoms with Crippen molar-refractivity contribution in [1.82, 2.24) is 24.6 Å². The predicted molar refractivity (Wildman–Crippen MR) is 131 cm³/mol. The van der Waals surface area contributed by atoms with E-state index < -0.39 is 0 Å².